The highest BCUT2D eigenvalue weighted by Crippen LogP contribution is 2.35. The number of methoxy groups -OCH3 is 3. The van der Waals surface area contributed by atoms with Crippen LogP contribution in [-0.4, -0.2) is 32.2 Å². The Hall–Kier alpha value is -2.80. The van der Waals surface area contributed by atoms with Crippen molar-refractivity contribution in [3.05, 3.63) is 41.5 Å². The summed E-state index contributed by atoms with van der Waals surface area (Å²) in [6.07, 6.45) is 0. The molecule has 0 aliphatic rings. The van der Waals surface area contributed by atoms with Crippen molar-refractivity contribution in [2.24, 2.45) is 0 Å². The van der Waals surface area contributed by atoms with Crippen LogP contribution >= 0.6 is 11.3 Å². The van der Waals surface area contributed by atoms with Crippen molar-refractivity contribution in [2.75, 3.05) is 26.6 Å². The Morgan fingerprint density at radius 3 is 2.36 bits per heavy atom. The van der Waals surface area contributed by atoms with Crippen molar-refractivity contribution in [1.82, 2.24) is 4.98 Å². The van der Waals surface area contributed by atoms with Crippen LogP contribution in [0.4, 0.5) is 5.13 Å². The van der Waals surface area contributed by atoms with Crippen LogP contribution in [0.15, 0.2) is 30.3 Å². The van der Waals surface area contributed by atoms with Gasteiger partial charge in [0.25, 0.3) is 5.91 Å². The van der Waals surface area contributed by atoms with Crippen LogP contribution in [0.5, 0.6) is 17.2 Å². The van der Waals surface area contributed by atoms with Crippen molar-refractivity contribution >= 4 is 32.6 Å². The third-order valence-corrected chi connectivity index (χ3v) is 4.73. The number of aryl methyl sites for hydroxylation is 1. The Kier molecular flexibility index (Phi) is 4.76. The monoisotopic (exact) mass is 358 g/mol. The highest BCUT2D eigenvalue weighted by Gasteiger charge is 2.19. The van der Waals surface area contributed by atoms with Gasteiger partial charge in [-0.2, -0.15) is 0 Å². The van der Waals surface area contributed by atoms with Gasteiger partial charge in [-0.1, -0.05) is 23.5 Å². The van der Waals surface area contributed by atoms with Crippen molar-refractivity contribution in [3.8, 4) is 17.2 Å². The van der Waals surface area contributed by atoms with E-state index in [1.165, 1.54) is 32.7 Å². The Bertz CT molecular complexity index is 936. The molecule has 1 heterocycles. The predicted molar refractivity (Wildman–Crippen MR) is 98.4 cm³/mol. The number of anilines is 1. The first-order valence-corrected chi connectivity index (χ1v) is 8.36. The van der Waals surface area contributed by atoms with Gasteiger partial charge in [0.2, 0.25) is 0 Å². The fourth-order valence-electron chi connectivity index (χ4n) is 2.51. The maximum atomic E-state index is 12.7. The van der Waals surface area contributed by atoms with E-state index >= 15 is 0 Å². The summed E-state index contributed by atoms with van der Waals surface area (Å²) < 4.78 is 16.8. The van der Waals surface area contributed by atoms with E-state index in [2.05, 4.69) is 10.3 Å². The molecule has 0 unspecified atom stereocenters. The average molecular weight is 358 g/mol. The number of benzene rings is 2. The standard InChI is InChI=1S/C18H18N2O4S/c1-10-6-5-7-15-16(10)19-18(25-15)20-17(21)11-8-13(23-3)14(24-4)9-12(11)22-2/h5-9H,1-4H3,(H,19,20,21). The van der Waals surface area contributed by atoms with Crippen LogP contribution in [0.25, 0.3) is 10.2 Å². The third-order valence-electron chi connectivity index (χ3n) is 3.79. The summed E-state index contributed by atoms with van der Waals surface area (Å²) in [5.41, 5.74) is 2.30. The Morgan fingerprint density at radius 1 is 1.04 bits per heavy atom. The lowest BCUT2D eigenvalue weighted by molar-refractivity contribution is 0.102. The zero-order valence-corrected chi connectivity index (χ0v) is 15.2. The predicted octanol–water partition coefficient (Wildman–Crippen LogP) is 3.88. The van der Waals surface area contributed by atoms with Crippen LogP contribution in [-0.2, 0) is 0 Å². The fraction of sp³-hybridized carbons (Fsp3) is 0.222. The zero-order valence-electron chi connectivity index (χ0n) is 14.4. The molecule has 0 saturated carbocycles. The minimum absolute atomic E-state index is 0.325. The summed E-state index contributed by atoms with van der Waals surface area (Å²) in [7, 11) is 4.54. The number of carbonyl (C=O) groups excluding carboxylic acids is 1. The van der Waals surface area contributed by atoms with Gasteiger partial charge in [-0.05, 0) is 18.6 Å². The molecular formula is C18H18N2O4S. The first kappa shape index (κ1) is 17.0. The molecule has 0 atom stereocenters. The lowest BCUT2D eigenvalue weighted by Crippen LogP contribution is -2.13. The number of nitrogens with zero attached hydrogens (tertiary/aromatic N) is 1. The number of thiazole rings is 1. The maximum Gasteiger partial charge on any atom is 0.261 e. The first-order chi connectivity index (χ1) is 12.1. The number of hydrogen-bond donors (Lipinski definition) is 1. The second-order valence-electron chi connectivity index (χ2n) is 5.30. The van der Waals surface area contributed by atoms with Crippen molar-refractivity contribution in [2.45, 2.75) is 6.92 Å². The summed E-state index contributed by atoms with van der Waals surface area (Å²) in [6.45, 7) is 1.99. The number of carbonyl (C=O) groups is 1. The number of aromatic nitrogens is 1. The van der Waals surface area contributed by atoms with Crippen molar-refractivity contribution in [3.63, 3.8) is 0 Å². The summed E-state index contributed by atoms with van der Waals surface area (Å²) in [4.78, 5) is 17.2. The molecule has 1 aromatic heterocycles. The number of hydrogen-bond acceptors (Lipinski definition) is 6. The van der Waals surface area contributed by atoms with Gasteiger partial charge in [-0.15, -0.1) is 0 Å². The van der Waals surface area contributed by atoms with E-state index in [4.69, 9.17) is 14.2 Å². The molecule has 3 aromatic rings. The van der Waals surface area contributed by atoms with E-state index in [9.17, 15) is 4.79 Å². The van der Waals surface area contributed by atoms with Gasteiger partial charge < -0.3 is 14.2 Å². The molecule has 0 fully saturated rings. The second kappa shape index (κ2) is 6.98. The first-order valence-electron chi connectivity index (χ1n) is 7.55. The second-order valence-corrected chi connectivity index (χ2v) is 6.33. The number of ether oxygens (including phenoxy) is 3. The quantitative estimate of drug-likeness (QED) is 0.749. The molecule has 1 N–H and O–H groups in total. The molecule has 130 valence electrons. The minimum Gasteiger partial charge on any atom is -0.496 e. The topological polar surface area (TPSA) is 69.7 Å². The third kappa shape index (κ3) is 3.23. The minimum atomic E-state index is -0.325. The lowest BCUT2D eigenvalue weighted by Gasteiger charge is -2.13. The van der Waals surface area contributed by atoms with Crippen LogP contribution in [0, 0.1) is 6.92 Å². The largest absolute Gasteiger partial charge is 0.496 e. The molecule has 0 radical (unpaired) electrons. The molecule has 3 rings (SSSR count). The molecule has 0 spiro atoms. The molecule has 0 bridgehead atoms. The highest BCUT2D eigenvalue weighted by atomic mass is 32.1. The fourth-order valence-corrected chi connectivity index (χ4v) is 3.45. The number of fused-ring (bicyclic) bond motifs is 1. The van der Waals surface area contributed by atoms with Crippen LogP contribution in [0.1, 0.15) is 15.9 Å². The van der Waals surface area contributed by atoms with Crippen LogP contribution in [0.3, 0.4) is 0 Å². The Morgan fingerprint density at radius 2 is 1.72 bits per heavy atom. The molecule has 0 aliphatic carbocycles. The van der Waals surface area contributed by atoms with Gasteiger partial charge in [0.15, 0.2) is 16.6 Å². The maximum absolute atomic E-state index is 12.7. The summed E-state index contributed by atoms with van der Waals surface area (Å²) in [6, 6.07) is 9.15. The lowest BCUT2D eigenvalue weighted by atomic mass is 10.1. The van der Waals surface area contributed by atoms with Gasteiger partial charge in [0.1, 0.15) is 5.75 Å². The van der Waals surface area contributed by atoms with E-state index in [0.717, 1.165) is 15.8 Å². The van der Waals surface area contributed by atoms with Gasteiger partial charge in [0.05, 0.1) is 37.1 Å². The molecule has 2 aromatic carbocycles. The number of para-hydroxylation sites is 1. The molecule has 25 heavy (non-hydrogen) atoms. The van der Waals surface area contributed by atoms with Gasteiger partial charge in [0, 0.05) is 12.1 Å². The Balaban J connectivity index is 1.95. The Labute approximate surface area is 149 Å². The van der Waals surface area contributed by atoms with Gasteiger partial charge >= 0.3 is 0 Å². The summed E-state index contributed by atoms with van der Waals surface area (Å²) in [5.74, 6) is 1.02. The van der Waals surface area contributed by atoms with Crippen LogP contribution in [0.2, 0.25) is 0 Å². The zero-order chi connectivity index (χ0) is 18.0. The summed E-state index contributed by atoms with van der Waals surface area (Å²) in [5, 5.41) is 3.36. The molecule has 7 heteroatoms. The van der Waals surface area contributed by atoms with Gasteiger partial charge in [-0.25, -0.2) is 4.98 Å². The van der Waals surface area contributed by atoms with E-state index in [1.807, 2.05) is 25.1 Å². The number of amides is 1. The van der Waals surface area contributed by atoms with Crippen molar-refractivity contribution < 1.29 is 19.0 Å². The smallest absolute Gasteiger partial charge is 0.261 e. The normalized spacial score (nSPS) is 10.6. The average Bonchev–Trinajstić information content (AvgIpc) is 3.04. The van der Waals surface area contributed by atoms with E-state index in [-0.39, 0.29) is 5.91 Å². The number of nitrogens with one attached hydrogen (secondary N) is 1. The van der Waals surface area contributed by atoms with E-state index in [1.54, 1.807) is 12.1 Å². The van der Waals surface area contributed by atoms with Gasteiger partial charge in [-0.3, -0.25) is 10.1 Å². The molecule has 1 amide bonds. The summed E-state index contributed by atoms with van der Waals surface area (Å²) >= 11 is 1.43. The van der Waals surface area contributed by atoms with Crippen molar-refractivity contribution in [1.29, 1.82) is 0 Å². The SMILES string of the molecule is COc1cc(OC)c(C(=O)Nc2nc3c(C)cccc3s2)cc1OC. The highest BCUT2D eigenvalue weighted by molar-refractivity contribution is 7.22. The number of rotatable bonds is 5. The molecule has 0 saturated heterocycles. The molecular weight excluding hydrogens is 340 g/mol. The molecule has 6 nitrogen and oxygen atoms in total. The van der Waals surface area contributed by atoms with E-state index < -0.39 is 0 Å². The van der Waals surface area contributed by atoms with Crippen LogP contribution < -0.4 is 19.5 Å². The molecule has 0 aliphatic heterocycles. The van der Waals surface area contributed by atoms with E-state index in [0.29, 0.717) is 27.9 Å².